The van der Waals surface area contributed by atoms with Gasteiger partial charge in [0.15, 0.2) is 0 Å². The van der Waals surface area contributed by atoms with Crippen LogP contribution in [-0.2, 0) is 0 Å². The smallest absolute Gasteiger partial charge is 0.130 e. The molecule has 1 aromatic carbocycles. The molecule has 2 atom stereocenters. The Morgan fingerprint density at radius 1 is 1.19 bits per heavy atom. The van der Waals surface area contributed by atoms with Crippen molar-refractivity contribution in [2.75, 3.05) is 6.54 Å². The average molecular weight is 227 g/mol. The lowest BCUT2D eigenvalue weighted by atomic mass is 9.91. The molecule has 0 heterocycles. The molecule has 0 saturated carbocycles. The number of benzene rings is 1. The first kappa shape index (κ1) is 13.1. The molecule has 1 nitrogen and oxygen atoms in total. The van der Waals surface area contributed by atoms with E-state index < -0.39 is 11.6 Å². The third kappa shape index (κ3) is 2.79. The summed E-state index contributed by atoms with van der Waals surface area (Å²) in [5.74, 6) is -0.733. The Balaban J connectivity index is 3.09. The van der Waals surface area contributed by atoms with Crippen LogP contribution < -0.4 is 5.32 Å². The molecule has 1 aromatic rings. The Labute approximate surface area is 95.9 Å². The summed E-state index contributed by atoms with van der Waals surface area (Å²) in [6.07, 6.45) is 0.880. The number of hydrogen-bond donors (Lipinski definition) is 1. The lowest BCUT2D eigenvalue weighted by Crippen LogP contribution is -2.28. The van der Waals surface area contributed by atoms with E-state index in [1.807, 2.05) is 20.8 Å². The molecule has 1 N–H and O–H groups in total. The van der Waals surface area contributed by atoms with Crippen LogP contribution in [0, 0.1) is 17.6 Å². The maximum atomic E-state index is 13.6. The van der Waals surface area contributed by atoms with Gasteiger partial charge in [0.2, 0.25) is 0 Å². The molecule has 3 heteroatoms. The van der Waals surface area contributed by atoms with Crippen molar-refractivity contribution in [2.24, 2.45) is 5.92 Å². The fraction of sp³-hybridized carbons (Fsp3) is 0.538. The predicted octanol–water partition coefficient (Wildman–Crippen LogP) is 3.66. The van der Waals surface area contributed by atoms with Crippen molar-refractivity contribution in [1.82, 2.24) is 5.32 Å². The summed E-state index contributed by atoms with van der Waals surface area (Å²) in [5.41, 5.74) is 0.165. The average Bonchev–Trinajstić information content (AvgIpc) is 2.26. The summed E-state index contributed by atoms with van der Waals surface area (Å²) in [6.45, 7) is 6.66. The maximum Gasteiger partial charge on any atom is 0.130 e. The van der Waals surface area contributed by atoms with E-state index in [2.05, 4.69) is 5.32 Å². The van der Waals surface area contributed by atoms with Crippen LogP contribution in [-0.4, -0.2) is 6.54 Å². The standard InChI is InChI=1S/C13H19F2N/c1-4-9(3)13(16-5-2)12-10(14)7-6-8-11(12)15/h6-9,13,16H,4-5H2,1-3H3. The van der Waals surface area contributed by atoms with Gasteiger partial charge in [-0.15, -0.1) is 0 Å². The summed E-state index contributed by atoms with van der Waals surface area (Å²) in [6, 6.07) is 3.76. The van der Waals surface area contributed by atoms with Gasteiger partial charge >= 0.3 is 0 Å². The van der Waals surface area contributed by atoms with E-state index in [-0.39, 0.29) is 17.5 Å². The summed E-state index contributed by atoms with van der Waals surface area (Å²) in [5, 5.41) is 3.15. The molecule has 0 amide bonds. The van der Waals surface area contributed by atoms with Crippen LogP contribution >= 0.6 is 0 Å². The first-order chi connectivity index (χ1) is 7.61. The van der Waals surface area contributed by atoms with Crippen molar-refractivity contribution in [3.05, 3.63) is 35.4 Å². The minimum atomic E-state index is -0.466. The van der Waals surface area contributed by atoms with Crippen LogP contribution in [0.5, 0.6) is 0 Å². The number of hydrogen-bond acceptors (Lipinski definition) is 1. The van der Waals surface area contributed by atoms with E-state index in [0.29, 0.717) is 6.54 Å². The highest BCUT2D eigenvalue weighted by atomic mass is 19.1. The normalized spacial score (nSPS) is 14.8. The SMILES string of the molecule is CCNC(c1c(F)cccc1F)C(C)CC. The van der Waals surface area contributed by atoms with Crippen molar-refractivity contribution < 1.29 is 8.78 Å². The van der Waals surface area contributed by atoms with E-state index in [1.165, 1.54) is 18.2 Å². The number of nitrogens with one attached hydrogen (secondary N) is 1. The summed E-state index contributed by atoms with van der Waals surface area (Å²) in [4.78, 5) is 0. The van der Waals surface area contributed by atoms with Gasteiger partial charge in [0.25, 0.3) is 0 Å². The molecule has 90 valence electrons. The molecule has 0 bridgehead atoms. The van der Waals surface area contributed by atoms with Crippen LogP contribution in [0.2, 0.25) is 0 Å². The number of halogens is 2. The van der Waals surface area contributed by atoms with Gasteiger partial charge in [-0.25, -0.2) is 8.78 Å². The van der Waals surface area contributed by atoms with Crippen molar-refractivity contribution >= 4 is 0 Å². The Kier molecular flexibility index (Phi) is 4.87. The van der Waals surface area contributed by atoms with Gasteiger partial charge in [-0.1, -0.05) is 33.3 Å². The van der Waals surface area contributed by atoms with Gasteiger partial charge in [0.05, 0.1) is 0 Å². The third-order valence-electron chi connectivity index (χ3n) is 2.95. The minimum absolute atomic E-state index is 0.165. The second kappa shape index (κ2) is 5.94. The third-order valence-corrected chi connectivity index (χ3v) is 2.95. The molecular formula is C13H19F2N. The molecule has 0 aliphatic carbocycles. The van der Waals surface area contributed by atoms with Gasteiger partial charge in [-0.05, 0) is 24.6 Å². The molecule has 0 fully saturated rings. The van der Waals surface area contributed by atoms with E-state index in [9.17, 15) is 8.78 Å². The lowest BCUT2D eigenvalue weighted by Gasteiger charge is -2.25. The van der Waals surface area contributed by atoms with Crippen molar-refractivity contribution in [2.45, 2.75) is 33.2 Å². The second-order valence-corrected chi connectivity index (χ2v) is 4.06. The Hall–Kier alpha value is -0.960. The van der Waals surface area contributed by atoms with Crippen molar-refractivity contribution in [1.29, 1.82) is 0 Å². The molecule has 0 aliphatic rings. The lowest BCUT2D eigenvalue weighted by molar-refractivity contribution is 0.358. The van der Waals surface area contributed by atoms with E-state index in [4.69, 9.17) is 0 Å². The van der Waals surface area contributed by atoms with Crippen molar-refractivity contribution in [3.63, 3.8) is 0 Å². The predicted molar refractivity (Wildman–Crippen MR) is 62.2 cm³/mol. The first-order valence-corrected chi connectivity index (χ1v) is 5.79. The van der Waals surface area contributed by atoms with Crippen LogP contribution in [0.4, 0.5) is 8.78 Å². The molecular weight excluding hydrogens is 208 g/mol. The Morgan fingerprint density at radius 3 is 2.19 bits per heavy atom. The molecule has 16 heavy (non-hydrogen) atoms. The van der Waals surface area contributed by atoms with Crippen LogP contribution in [0.1, 0.15) is 38.8 Å². The second-order valence-electron chi connectivity index (χ2n) is 4.06. The largest absolute Gasteiger partial charge is 0.310 e. The van der Waals surface area contributed by atoms with Crippen molar-refractivity contribution in [3.8, 4) is 0 Å². The molecule has 0 spiro atoms. The van der Waals surface area contributed by atoms with Gasteiger partial charge < -0.3 is 5.32 Å². The first-order valence-electron chi connectivity index (χ1n) is 5.79. The van der Waals surface area contributed by atoms with E-state index in [1.54, 1.807) is 0 Å². The fourth-order valence-corrected chi connectivity index (χ4v) is 1.85. The molecule has 1 rings (SSSR count). The highest BCUT2D eigenvalue weighted by Gasteiger charge is 2.23. The zero-order valence-electron chi connectivity index (χ0n) is 10.1. The zero-order valence-corrected chi connectivity index (χ0v) is 10.1. The van der Waals surface area contributed by atoms with E-state index >= 15 is 0 Å². The highest BCUT2D eigenvalue weighted by Crippen LogP contribution is 2.28. The molecule has 0 aromatic heterocycles. The monoisotopic (exact) mass is 227 g/mol. The molecule has 2 unspecified atom stereocenters. The quantitative estimate of drug-likeness (QED) is 0.809. The summed E-state index contributed by atoms with van der Waals surface area (Å²) in [7, 11) is 0. The van der Waals surface area contributed by atoms with Crippen LogP contribution in [0.25, 0.3) is 0 Å². The van der Waals surface area contributed by atoms with E-state index in [0.717, 1.165) is 6.42 Å². The molecule has 0 saturated heterocycles. The van der Waals surface area contributed by atoms with Crippen LogP contribution in [0.3, 0.4) is 0 Å². The Morgan fingerprint density at radius 2 is 1.75 bits per heavy atom. The van der Waals surface area contributed by atoms with Crippen LogP contribution in [0.15, 0.2) is 18.2 Å². The van der Waals surface area contributed by atoms with Gasteiger partial charge in [-0.3, -0.25) is 0 Å². The topological polar surface area (TPSA) is 12.0 Å². The Bertz CT molecular complexity index is 318. The maximum absolute atomic E-state index is 13.6. The summed E-state index contributed by atoms with van der Waals surface area (Å²) >= 11 is 0. The minimum Gasteiger partial charge on any atom is -0.310 e. The molecule has 0 radical (unpaired) electrons. The molecule has 0 aliphatic heterocycles. The van der Waals surface area contributed by atoms with Gasteiger partial charge in [0, 0.05) is 11.6 Å². The summed E-state index contributed by atoms with van der Waals surface area (Å²) < 4.78 is 27.3. The zero-order chi connectivity index (χ0) is 12.1. The van der Waals surface area contributed by atoms with Gasteiger partial charge in [-0.2, -0.15) is 0 Å². The highest BCUT2D eigenvalue weighted by molar-refractivity contribution is 5.24. The number of rotatable bonds is 5. The van der Waals surface area contributed by atoms with Gasteiger partial charge in [0.1, 0.15) is 11.6 Å². The fourth-order valence-electron chi connectivity index (χ4n) is 1.85.